The van der Waals surface area contributed by atoms with Crippen molar-refractivity contribution in [3.63, 3.8) is 0 Å². The van der Waals surface area contributed by atoms with E-state index >= 15 is 0 Å². The summed E-state index contributed by atoms with van der Waals surface area (Å²) in [4.78, 5) is 29.5. The van der Waals surface area contributed by atoms with Gasteiger partial charge in [-0.25, -0.2) is 14.4 Å². The van der Waals surface area contributed by atoms with Crippen LogP contribution in [0, 0.1) is 15.9 Å². The molecule has 32 heavy (non-hydrogen) atoms. The molecule has 0 atom stereocenters. The van der Waals surface area contributed by atoms with Crippen molar-refractivity contribution < 1.29 is 32.0 Å². The first-order valence-electron chi connectivity index (χ1n) is 8.69. The number of alkyl halides is 3. The Morgan fingerprint density at radius 1 is 1.22 bits per heavy atom. The smallest absolute Gasteiger partial charge is 0.471 e. The maximum Gasteiger partial charge on any atom is 0.471 e. The predicted octanol–water partition coefficient (Wildman–Crippen LogP) is 4.24. The number of rotatable bonds is 7. The molecule has 0 saturated heterocycles. The quantitative estimate of drug-likeness (QED) is 0.208. The Balaban J connectivity index is 1.86. The van der Waals surface area contributed by atoms with Crippen LogP contribution in [0.5, 0.6) is 5.75 Å². The monoisotopic (exact) mass is 517 g/mol. The molecule has 0 fully saturated rings. The first kappa shape index (κ1) is 23.1. The third kappa shape index (κ3) is 5.38. The molecule has 2 aromatic carbocycles. The van der Waals surface area contributed by atoms with Crippen LogP contribution in [0.3, 0.4) is 0 Å². The number of anilines is 2. The molecule has 14 heteroatoms. The number of aromatic nitrogens is 2. The van der Waals surface area contributed by atoms with Gasteiger partial charge in [0.2, 0.25) is 0 Å². The molecule has 3 rings (SSSR count). The van der Waals surface area contributed by atoms with E-state index in [1.165, 1.54) is 18.2 Å². The van der Waals surface area contributed by atoms with E-state index in [9.17, 15) is 32.5 Å². The minimum absolute atomic E-state index is 0.0663. The van der Waals surface area contributed by atoms with E-state index in [-0.39, 0.29) is 28.2 Å². The molecule has 0 aliphatic carbocycles. The number of carbonyl (C=O) groups excluding carboxylic acids is 1. The lowest BCUT2D eigenvalue weighted by Gasteiger charge is -2.12. The van der Waals surface area contributed by atoms with Gasteiger partial charge in [0, 0.05) is 16.6 Å². The number of hydrogen-bond acceptors (Lipinski definition) is 7. The molecule has 9 nitrogen and oxygen atoms in total. The van der Waals surface area contributed by atoms with E-state index in [1.54, 1.807) is 11.4 Å². The summed E-state index contributed by atoms with van der Waals surface area (Å²) in [6.45, 7) is -0.999. The average molecular weight is 518 g/mol. The van der Waals surface area contributed by atoms with Crippen LogP contribution in [-0.4, -0.2) is 40.1 Å². The number of nitro groups is 1. The molecule has 0 spiro atoms. The molecule has 1 heterocycles. The second-order valence-electron chi connectivity index (χ2n) is 6.17. The number of carbonyl (C=O) groups is 1. The third-order valence-corrected chi connectivity index (χ3v) is 4.49. The lowest BCUT2D eigenvalue weighted by molar-refractivity contribution is -0.385. The Bertz CT molecular complexity index is 1190. The van der Waals surface area contributed by atoms with E-state index in [0.717, 1.165) is 12.4 Å². The van der Waals surface area contributed by atoms with Crippen molar-refractivity contribution in [2.75, 3.05) is 18.5 Å². The van der Waals surface area contributed by atoms with Gasteiger partial charge in [-0.15, -0.1) is 0 Å². The van der Waals surface area contributed by atoms with Gasteiger partial charge in [-0.1, -0.05) is 15.9 Å². The minimum Gasteiger partial charge on any atom is -0.485 e. The van der Waals surface area contributed by atoms with E-state index in [0.29, 0.717) is 4.47 Å². The normalized spacial score (nSPS) is 11.3. The molecule has 0 aliphatic rings. The molecular formula is C18H12BrF4N5O4. The Morgan fingerprint density at radius 2 is 1.97 bits per heavy atom. The van der Waals surface area contributed by atoms with Crippen molar-refractivity contribution in [2.24, 2.45) is 0 Å². The number of nitro benzene ring substituents is 1. The summed E-state index contributed by atoms with van der Waals surface area (Å²) in [7, 11) is 0. The highest BCUT2D eigenvalue weighted by Crippen LogP contribution is 2.35. The van der Waals surface area contributed by atoms with Crippen LogP contribution < -0.4 is 15.4 Å². The number of nitrogens with one attached hydrogen (secondary N) is 2. The maximum absolute atomic E-state index is 14.1. The fourth-order valence-corrected chi connectivity index (χ4v) is 2.91. The lowest BCUT2D eigenvalue weighted by atomic mass is 10.2. The van der Waals surface area contributed by atoms with Crippen LogP contribution in [0.4, 0.5) is 34.8 Å². The fourth-order valence-electron chi connectivity index (χ4n) is 2.57. The summed E-state index contributed by atoms with van der Waals surface area (Å²) < 4.78 is 56.4. The number of amides is 1. The van der Waals surface area contributed by atoms with E-state index in [1.807, 2.05) is 0 Å². The highest BCUT2D eigenvalue weighted by Gasteiger charge is 2.38. The highest BCUT2D eigenvalue weighted by molar-refractivity contribution is 9.10. The van der Waals surface area contributed by atoms with Gasteiger partial charge >= 0.3 is 17.8 Å². The van der Waals surface area contributed by atoms with Crippen LogP contribution in [-0.2, 0) is 4.79 Å². The first-order valence-corrected chi connectivity index (χ1v) is 9.48. The second-order valence-corrected chi connectivity index (χ2v) is 7.08. The van der Waals surface area contributed by atoms with E-state index in [4.69, 9.17) is 4.74 Å². The minimum atomic E-state index is -5.05. The zero-order valence-corrected chi connectivity index (χ0v) is 17.3. The molecule has 0 saturated carbocycles. The molecule has 2 N–H and O–H groups in total. The predicted molar refractivity (Wildman–Crippen MR) is 108 cm³/mol. The number of fused-ring (bicyclic) bond motifs is 1. The van der Waals surface area contributed by atoms with Crippen LogP contribution >= 0.6 is 15.9 Å². The SMILES string of the molecule is O=C(NCCOc1cc2ncnc(Nc3ccc(Br)cc3F)c2cc1[N+](=O)[O-])C(F)(F)F. The topological polar surface area (TPSA) is 119 Å². The molecule has 3 aromatic rings. The summed E-state index contributed by atoms with van der Waals surface area (Å²) in [6.07, 6.45) is -3.91. The van der Waals surface area contributed by atoms with E-state index in [2.05, 4.69) is 31.2 Å². The Labute approximate surface area is 185 Å². The summed E-state index contributed by atoms with van der Waals surface area (Å²) in [6, 6.07) is 6.54. The van der Waals surface area contributed by atoms with Crippen molar-refractivity contribution >= 4 is 49.9 Å². The first-order chi connectivity index (χ1) is 15.1. The number of halogens is 5. The van der Waals surface area contributed by atoms with Gasteiger partial charge in [-0.05, 0) is 18.2 Å². The summed E-state index contributed by atoms with van der Waals surface area (Å²) in [5, 5.41) is 16.0. The standard InChI is InChI=1S/C18H12BrF4N5O4/c19-9-1-2-12(11(20)5-9)27-16-10-6-14(28(30)31)15(7-13(10)25-8-26-16)32-4-3-24-17(29)18(21,22)23/h1-2,5-8H,3-4H2,(H,24,29)(H,25,26,27). The number of hydrogen-bond donors (Lipinski definition) is 2. The maximum atomic E-state index is 14.1. The van der Waals surface area contributed by atoms with Crippen LogP contribution in [0.15, 0.2) is 41.1 Å². The van der Waals surface area contributed by atoms with Gasteiger partial charge in [-0.3, -0.25) is 14.9 Å². The molecule has 0 aliphatic heterocycles. The fraction of sp³-hybridized carbons (Fsp3) is 0.167. The largest absolute Gasteiger partial charge is 0.485 e. The molecule has 168 valence electrons. The number of nitrogens with zero attached hydrogens (tertiary/aromatic N) is 3. The van der Waals surface area contributed by atoms with Gasteiger partial charge < -0.3 is 15.4 Å². The van der Waals surface area contributed by atoms with Crippen molar-refractivity contribution in [1.82, 2.24) is 15.3 Å². The molecule has 1 amide bonds. The van der Waals surface area contributed by atoms with Gasteiger partial charge in [-0.2, -0.15) is 13.2 Å². The molecule has 0 radical (unpaired) electrons. The second kappa shape index (κ2) is 9.30. The van der Waals surface area contributed by atoms with E-state index < -0.39 is 41.7 Å². The Hall–Kier alpha value is -3.55. The zero-order valence-electron chi connectivity index (χ0n) is 15.7. The third-order valence-electron chi connectivity index (χ3n) is 4.00. The van der Waals surface area contributed by atoms with Crippen LogP contribution in [0.25, 0.3) is 10.9 Å². The van der Waals surface area contributed by atoms with Crippen molar-refractivity contribution in [2.45, 2.75) is 6.18 Å². The Morgan fingerprint density at radius 3 is 2.62 bits per heavy atom. The van der Waals surface area contributed by atoms with Gasteiger partial charge in [0.1, 0.15) is 24.6 Å². The van der Waals surface area contributed by atoms with Crippen molar-refractivity contribution in [1.29, 1.82) is 0 Å². The van der Waals surface area contributed by atoms with Gasteiger partial charge in [0.25, 0.3) is 0 Å². The molecule has 1 aromatic heterocycles. The number of benzene rings is 2. The van der Waals surface area contributed by atoms with Crippen molar-refractivity contribution in [3.05, 3.63) is 57.1 Å². The van der Waals surface area contributed by atoms with Crippen LogP contribution in [0.1, 0.15) is 0 Å². The summed E-state index contributed by atoms with van der Waals surface area (Å²) in [5.41, 5.74) is -0.259. The summed E-state index contributed by atoms with van der Waals surface area (Å²) >= 11 is 3.14. The highest BCUT2D eigenvalue weighted by atomic mass is 79.9. The van der Waals surface area contributed by atoms with Gasteiger partial charge in [0.15, 0.2) is 5.75 Å². The lowest BCUT2D eigenvalue weighted by Crippen LogP contribution is -2.38. The van der Waals surface area contributed by atoms with Crippen molar-refractivity contribution in [3.8, 4) is 5.75 Å². The average Bonchev–Trinajstić information content (AvgIpc) is 2.71. The molecular weight excluding hydrogens is 506 g/mol. The zero-order chi connectivity index (χ0) is 23.5. The van der Waals surface area contributed by atoms with Crippen LogP contribution in [0.2, 0.25) is 0 Å². The number of ether oxygens (including phenoxy) is 1. The molecule has 0 bridgehead atoms. The Kier molecular flexibility index (Phi) is 6.72. The van der Waals surface area contributed by atoms with Gasteiger partial charge in [0.05, 0.1) is 28.1 Å². The summed E-state index contributed by atoms with van der Waals surface area (Å²) in [5.74, 6) is -2.94. The molecule has 0 unspecified atom stereocenters.